The van der Waals surface area contributed by atoms with Gasteiger partial charge in [-0.05, 0) is 150 Å². The molecule has 0 atom stereocenters. The average Bonchev–Trinajstić information content (AvgIpc) is 1.61. The van der Waals surface area contributed by atoms with Crippen molar-refractivity contribution in [2.75, 3.05) is 19.0 Å². The summed E-state index contributed by atoms with van der Waals surface area (Å²) < 4.78 is 125. The Hall–Kier alpha value is -12.9. The van der Waals surface area contributed by atoms with Crippen LogP contribution in [0.5, 0.6) is 0 Å². The first-order valence-electron chi connectivity index (χ1n) is 40.2. The first-order chi connectivity index (χ1) is 61.2. The van der Waals surface area contributed by atoms with Gasteiger partial charge in [-0.3, -0.25) is 9.97 Å². The summed E-state index contributed by atoms with van der Waals surface area (Å²) in [4.78, 5) is 37.7. The lowest BCUT2D eigenvalue weighted by Gasteiger charge is -2.33. The van der Waals surface area contributed by atoms with Crippen molar-refractivity contribution in [2.24, 2.45) is 0 Å². The second-order valence-electron chi connectivity index (χ2n) is 29.8. The highest BCUT2D eigenvalue weighted by Crippen LogP contribution is 2.43. The van der Waals surface area contributed by atoms with Crippen LogP contribution >= 0.6 is 45.3 Å². The SMILES string of the molecule is CCC[Si](CCC)(CCC)n1ccc(-c2cnc3c(c2)c(-c2ccoc2)cn3S(=O)(=O)c2ccccc2)c1.CN(C)c1ccc(-c2cnc3c(c2)c(-c2cncs2)cn3S(=O)(=O)c2ccccc2)cc1.O=S(=O)(c1ccccc1)n1cc(-c2cncs2)c2cc(-c3cccs3)cnc21.O=S(=O)(c1ccccc1)n1cc(-c2ncco2)c2cc(-c3cccs3)cnc21. The number of hydrogen-bond acceptors (Lipinski definition) is 22. The van der Waals surface area contributed by atoms with Crippen molar-refractivity contribution in [1.29, 1.82) is 0 Å². The van der Waals surface area contributed by atoms with Crippen LogP contribution in [0.2, 0.25) is 18.1 Å². The molecule has 0 N–H and O–H groups in total. The Morgan fingerprint density at radius 2 is 0.762 bits per heavy atom. The van der Waals surface area contributed by atoms with Gasteiger partial charge in [-0.1, -0.05) is 137 Å². The van der Waals surface area contributed by atoms with Gasteiger partial charge in [0.1, 0.15) is 6.26 Å². The van der Waals surface area contributed by atoms with Crippen LogP contribution in [0.1, 0.15) is 40.0 Å². The molecule has 0 saturated heterocycles. The zero-order valence-corrected chi connectivity index (χ0v) is 76.1. The fourth-order valence-electron chi connectivity index (χ4n) is 15.6. The van der Waals surface area contributed by atoms with Gasteiger partial charge in [0.2, 0.25) is 5.89 Å². The molecule has 0 radical (unpaired) electrons. The number of nitrogens with zero attached hydrogens (tertiary/aromatic N) is 13. The van der Waals surface area contributed by atoms with E-state index in [9.17, 15) is 33.7 Å². The number of furan rings is 1. The monoisotopic (exact) mass is 1840 g/mol. The van der Waals surface area contributed by atoms with Crippen LogP contribution in [0.25, 0.3) is 131 Å². The average molecular weight is 1840 g/mol. The lowest BCUT2D eigenvalue weighted by atomic mass is 10.0. The lowest BCUT2D eigenvalue weighted by Crippen LogP contribution is -2.42. The maximum absolute atomic E-state index is 13.6. The molecule has 15 heterocycles. The quantitative estimate of drug-likeness (QED) is 0.0508. The second-order valence-corrected chi connectivity index (χ2v) is 45.2. The fraction of sp³-hybridized carbons (Fsp3) is 0.117. The third-order valence-corrected chi connectivity index (χ3v) is 37.4. The van der Waals surface area contributed by atoms with Gasteiger partial charge in [-0.15, -0.1) is 45.3 Å². The van der Waals surface area contributed by atoms with E-state index in [0.29, 0.717) is 39.4 Å². The Bertz CT molecular complexity index is 7410. The van der Waals surface area contributed by atoms with Gasteiger partial charge in [-0.25, -0.2) is 74.5 Å². The number of thiazole rings is 2. The van der Waals surface area contributed by atoms with Crippen LogP contribution in [0, 0.1) is 0 Å². The maximum Gasteiger partial charge on any atom is 0.269 e. The fourth-order valence-corrected chi connectivity index (χ4v) is 28.8. The minimum Gasteiger partial charge on any atom is -0.472 e. The van der Waals surface area contributed by atoms with E-state index in [1.807, 2.05) is 90.4 Å². The highest BCUT2D eigenvalue weighted by Gasteiger charge is 2.34. The van der Waals surface area contributed by atoms with Gasteiger partial charge in [-0.2, -0.15) is 0 Å². The van der Waals surface area contributed by atoms with Crippen molar-refractivity contribution in [2.45, 2.75) is 77.7 Å². The van der Waals surface area contributed by atoms with Crippen LogP contribution in [0.3, 0.4) is 0 Å². The first kappa shape index (κ1) is 85.3. The lowest BCUT2D eigenvalue weighted by molar-refractivity contribution is 0.568. The molecule has 126 heavy (non-hydrogen) atoms. The molecule has 0 aliphatic rings. The minimum absolute atomic E-state index is 0.190. The molecule has 0 fully saturated rings. The number of benzene rings is 5. The summed E-state index contributed by atoms with van der Waals surface area (Å²) in [5.41, 5.74) is 15.8. The van der Waals surface area contributed by atoms with Crippen molar-refractivity contribution >= 4 is 143 Å². The zero-order chi connectivity index (χ0) is 87.3. The molecular weight excluding hydrogens is 1760 g/mol. The molecule has 0 aliphatic heterocycles. The summed E-state index contributed by atoms with van der Waals surface area (Å²) >= 11 is 6.15. The van der Waals surface area contributed by atoms with E-state index in [-0.39, 0.29) is 19.6 Å². The highest BCUT2D eigenvalue weighted by molar-refractivity contribution is 7.91. The molecular formula is C94H81N13O10S8Si. The Labute approximate surface area is 745 Å². The number of oxazole rings is 1. The van der Waals surface area contributed by atoms with Crippen LogP contribution in [0.4, 0.5) is 5.69 Å². The number of hydrogen-bond donors (Lipinski definition) is 0. The predicted octanol–water partition coefficient (Wildman–Crippen LogP) is 22.9. The number of aromatic nitrogens is 12. The third-order valence-electron chi connectivity index (χ3n) is 21.6. The number of fused-ring (bicyclic) bond motifs is 4. The zero-order valence-electron chi connectivity index (χ0n) is 68.6. The van der Waals surface area contributed by atoms with Crippen LogP contribution in [-0.2, 0) is 40.1 Å². The van der Waals surface area contributed by atoms with E-state index in [4.69, 9.17) is 13.8 Å². The second kappa shape index (κ2) is 36.4. The van der Waals surface area contributed by atoms with Crippen LogP contribution < -0.4 is 4.90 Å². The Balaban J connectivity index is 0.000000119. The van der Waals surface area contributed by atoms with E-state index < -0.39 is 48.3 Å². The summed E-state index contributed by atoms with van der Waals surface area (Å²) in [6, 6.07) is 65.6. The summed E-state index contributed by atoms with van der Waals surface area (Å²) in [7, 11) is -12.8. The molecule has 0 amide bonds. The van der Waals surface area contributed by atoms with E-state index >= 15 is 0 Å². The highest BCUT2D eigenvalue weighted by atomic mass is 32.2. The minimum atomic E-state index is -3.82. The smallest absolute Gasteiger partial charge is 0.269 e. The number of pyridine rings is 4. The largest absolute Gasteiger partial charge is 0.472 e. The number of anilines is 1. The topological polar surface area (TPSA) is 281 Å². The molecule has 32 heteroatoms. The Morgan fingerprint density at radius 3 is 1.13 bits per heavy atom. The standard InChI is InChI=1S/C30H35N3O3SSi.C24H20N4O2S2.C20H13N3O3S2.C20H13N3O2S3/c1-4-16-38(17-5-2,18-6-3)32-14-12-24(21-32)26-19-28-29(25-13-15-36-23-25)22-33(30(28)31-20-26)37(34,35)27-10-8-7-9-11-27;1-27(2)19-10-8-17(9-11-19)18-12-21-22(23-14-25-16-31-23)15-28(24(21)26-13-18)32(29,30)20-6-4-3-5-7-20;24-28(25,15-5-2-1-3-6-15)23-13-17(20-21-8-9-26-20)16-11-14(12-22-19(16)23)18-7-4-10-27-18;24-28(25,15-5-2-1-3-6-15)23-12-17(19-11-21-13-27-19)16-9-14(10-22-20(16)23)18-7-4-8-26-18/h7-15,19-23H,4-6,16-18H2,1-3H3;3-16H,1-2H3;2*1-13H. The summed E-state index contributed by atoms with van der Waals surface area (Å²) in [6.07, 6.45) is 31.3. The molecule has 20 aromatic rings. The van der Waals surface area contributed by atoms with E-state index in [2.05, 4.69) is 91.6 Å². The Kier molecular flexibility index (Phi) is 24.6. The molecule has 0 saturated carbocycles. The molecule has 15 aromatic heterocycles. The summed E-state index contributed by atoms with van der Waals surface area (Å²) in [5, 5.41) is 6.98. The van der Waals surface area contributed by atoms with E-state index in [1.54, 1.807) is 223 Å². The summed E-state index contributed by atoms with van der Waals surface area (Å²) in [5.74, 6) is 0.345. The van der Waals surface area contributed by atoms with Gasteiger partial charge in [0.15, 0.2) is 30.8 Å². The first-order valence-corrected chi connectivity index (χ1v) is 52.0. The molecule has 0 spiro atoms. The number of thiophene rings is 2. The molecule has 0 aliphatic carbocycles. The third kappa shape index (κ3) is 16.9. The number of rotatable bonds is 24. The van der Waals surface area contributed by atoms with Gasteiger partial charge in [0.25, 0.3) is 40.1 Å². The Morgan fingerprint density at radius 1 is 0.365 bits per heavy atom. The van der Waals surface area contributed by atoms with Crippen molar-refractivity contribution in [1.82, 2.24) is 55.0 Å². The van der Waals surface area contributed by atoms with Crippen molar-refractivity contribution in [3.05, 3.63) is 327 Å². The molecule has 23 nitrogen and oxygen atoms in total. The molecule has 0 bridgehead atoms. The van der Waals surface area contributed by atoms with Crippen molar-refractivity contribution < 1.29 is 42.5 Å². The summed E-state index contributed by atoms with van der Waals surface area (Å²) in [6.45, 7) is 6.88. The molecule has 634 valence electrons. The van der Waals surface area contributed by atoms with Crippen molar-refractivity contribution in [3.8, 4) is 86.6 Å². The van der Waals surface area contributed by atoms with Crippen molar-refractivity contribution in [3.63, 3.8) is 0 Å². The van der Waals surface area contributed by atoms with Gasteiger partial charge < -0.3 is 18.0 Å². The molecule has 0 unspecified atom stereocenters. The predicted molar refractivity (Wildman–Crippen MR) is 507 cm³/mol. The van der Waals surface area contributed by atoms with E-state index in [0.717, 1.165) is 97.0 Å². The van der Waals surface area contributed by atoms with Gasteiger partial charge in [0.05, 0.1) is 64.6 Å². The van der Waals surface area contributed by atoms with Crippen LogP contribution in [0.15, 0.2) is 356 Å². The molecule has 20 rings (SSSR count). The van der Waals surface area contributed by atoms with E-state index in [1.165, 1.54) is 94.6 Å². The van der Waals surface area contributed by atoms with Crippen LogP contribution in [-0.4, -0.2) is 111 Å². The van der Waals surface area contributed by atoms with Gasteiger partial charge in [0, 0.05) is 169 Å². The molecule has 5 aromatic carbocycles. The normalized spacial score (nSPS) is 12.0. The van der Waals surface area contributed by atoms with Gasteiger partial charge >= 0.3 is 0 Å². The maximum atomic E-state index is 13.6.